The van der Waals surface area contributed by atoms with Gasteiger partial charge in [0.2, 0.25) is 0 Å². The zero-order chi connectivity index (χ0) is 14.2. The summed E-state index contributed by atoms with van der Waals surface area (Å²) in [5.74, 6) is 0.657. The highest BCUT2D eigenvalue weighted by molar-refractivity contribution is 7.09. The maximum atomic E-state index is 6.03. The Bertz CT molecular complexity index is 472. The van der Waals surface area contributed by atoms with Crippen LogP contribution in [-0.4, -0.2) is 28.4 Å². The van der Waals surface area contributed by atoms with Crippen LogP contribution in [0.1, 0.15) is 57.8 Å². The number of hydrogen-bond donors (Lipinski definition) is 1. The maximum absolute atomic E-state index is 6.03. The highest BCUT2D eigenvalue weighted by Crippen LogP contribution is 2.32. The summed E-state index contributed by atoms with van der Waals surface area (Å²) in [7, 11) is 0. The van der Waals surface area contributed by atoms with E-state index in [4.69, 9.17) is 10.7 Å². The summed E-state index contributed by atoms with van der Waals surface area (Å²) in [5.41, 5.74) is 7.24. The van der Waals surface area contributed by atoms with Crippen molar-refractivity contribution in [3.8, 4) is 0 Å². The van der Waals surface area contributed by atoms with Crippen molar-refractivity contribution in [1.82, 2.24) is 9.88 Å². The third-order valence-corrected chi connectivity index (χ3v) is 4.88. The molecule has 2 atom stereocenters. The van der Waals surface area contributed by atoms with Crippen molar-refractivity contribution in [3.63, 3.8) is 0 Å². The van der Waals surface area contributed by atoms with Crippen LogP contribution in [0.3, 0.4) is 0 Å². The summed E-state index contributed by atoms with van der Waals surface area (Å²) in [6.07, 6.45) is 1.06. The summed E-state index contributed by atoms with van der Waals surface area (Å²) in [4.78, 5) is 11.4. The van der Waals surface area contributed by atoms with E-state index in [0.717, 1.165) is 18.7 Å². The Morgan fingerprint density at radius 3 is 2.74 bits per heavy atom. The van der Waals surface area contributed by atoms with Gasteiger partial charge in [-0.2, -0.15) is 0 Å². The summed E-state index contributed by atoms with van der Waals surface area (Å²) in [5, 5.41) is 3.34. The molecule has 5 heteroatoms. The highest BCUT2D eigenvalue weighted by atomic mass is 32.1. The monoisotopic (exact) mass is 280 g/mol. The predicted octanol–water partition coefficient (Wildman–Crippen LogP) is 2.91. The first kappa shape index (κ1) is 14.3. The first-order valence-corrected chi connectivity index (χ1v) is 7.76. The summed E-state index contributed by atoms with van der Waals surface area (Å²) in [6.45, 7) is 11.7. The van der Waals surface area contributed by atoms with Crippen molar-refractivity contribution in [2.45, 2.75) is 58.5 Å². The third kappa shape index (κ3) is 2.76. The maximum Gasteiger partial charge on any atom is 0.192 e. The highest BCUT2D eigenvalue weighted by Gasteiger charge is 2.33. The molecule has 19 heavy (non-hydrogen) atoms. The largest absolute Gasteiger partial charge is 0.370 e. The van der Waals surface area contributed by atoms with Gasteiger partial charge >= 0.3 is 0 Å². The number of nitrogens with two attached hydrogens (primary N) is 1. The van der Waals surface area contributed by atoms with E-state index in [1.807, 2.05) is 0 Å². The lowest BCUT2D eigenvalue weighted by Gasteiger charge is -2.30. The molecular formula is C14H24N4S. The van der Waals surface area contributed by atoms with E-state index in [0.29, 0.717) is 12.0 Å². The molecule has 0 spiro atoms. The summed E-state index contributed by atoms with van der Waals surface area (Å²) < 4.78 is 0. The molecule has 0 saturated carbocycles. The first-order chi connectivity index (χ1) is 8.84. The molecule has 0 aliphatic carbocycles. The molecule has 0 amide bonds. The lowest BCUT2D eigenvalue weighted by Crippen LogP contribution is -2.42. The fraction of sp³-hybridized carbons (Fsp3) is 0.714. The number of aromatic nitrogens is 1. The standard InChI is InChI=1S/C14H24N4S/c1-6-9(2)18-11(7-16-13(18)15)10-8-19-12(17-10)14(3,4)5/h8-9,11H,6-7H2,1-5H3,(H2,15,16). The number of aliphatic imine (C=N–C) groups is 1. The van der Waals surface area contributed by atoms with Gasteiger partial charge in [-0.15, -0.1) is 11.3 Å². The molecule has 2 heterocycles. The lowest BCUT2D eigenvalue weighted by molar-refractivity contribution is 0.264. The van der Waals surface area contributed by atoms with Crippen molar-refractivity contribution >= 4 is 17.3 Å². The Labute approximate surface area is 119 Å². The van der Waals surface area contributed by atoms with E-state index >= 15 is 0 Å². The van der Waals surface area contributed by atoms with E-state index in [-0.39, 0.29) is 11.5 Å². The molecule has 1 aromatic rings. The van der Waals surface area contributed by atoms with Crippen LogP contribution < -0.4 is 5.73 Å². The van der Waals surface area contributed by atoms with Gasteiger partial charge in [-0.3, -0.25) is 4.99 Å². The van der Waals surface area contributed by atoms with E-state index in [9.17, 15) is 0 Å². The molecule has 2 unspecified atom stereocenters. The minimum absolute atomic E-state index is 0.106. The zero-order valence-corrected chi connectivity index (χ0v) is 13.3. The molecule has 2 N–H and O–H groups in total. The Hall–Kier alpha value is -1.10. The molecule has 0 radical (unpaired) electrons. The van der Waals surface area contributed by atoms with Gasteiger partial charge < -0.3 is 10.6 Å². The molecule has 106 valence electrons. The molecule has 0 aromatic carbocycles. The van der Waals surface area contributed by atoms with Crippen molar-refractivity contribution in [3.05, 3.63) is 16.1 Å². The first-order valence-electron chi connectivity index (χ1n) is 6.88. The zero-order valence-electron chi connectivity index (χ0n) is 12.5. The van der Waals surface area contributed by atoms with E-state index < -0.39 is 0 Å². The minimum atomic E-state index is 0.106. The molecule has 1 aliphatic heterocycles. The Balaban J connectivity index is 2.25. The van der Waals surface area contributed by atoms with Gasteiger partial charge in [0, 0.05) is 16.8 Å². The van der Waals surface area contributed by atoms with Gasteiger partial charge in [0.25, 0.3) is 0 Å². The second kappa shape index (κ2) is 5.12. The average molecular weight is 280 g/mol. The predicted molar refractivity (Wildman–Crippen MR) is 81.6 cm³/mol. The quantitative estimate of drug-likeness (QED) is 0.926. The molecule has 1 aromatic heterocycles. The molecule has 4 nitrogen and oxygen atoms in total. The van der Waals surface area contributed by atoms with Gasteiger partial charge in [-0.25, -0.2) is 4.98 Å². The van der Waals surface area contributed by atoms with Crippen molar-refractivity contribution in [1.29, 1.82) is 0 Å². The minimum Gasteiger partial charge on any atom is -0.370 e. The van der Waals surface area contributed by atoms with Crippen LogP contribution in [0, 0.1) is 0 Å². The molecule has 1 aliphatic rings. The van der Waals surface area contributed by atoms with Crippen molar-refractivity contribution in [2.75, 3.05) is 6.54 Å². The normalized spacial score (nSPS) is 21.6. The van der Waals surface area contributed by atoms with Crippen LogP contribution in [0.5, 0.6) is 0 Å². The third-order valence-electron chi connectivity index (χ3n) is 3.60. The molecule has 2 rings (SSSR count). The Morgan fingerprint density at radius 2 is 2.21 bits per heavy atom. The second-order valence-electron chi connectivity index (χ2n) is 6.21. The average Bonchev–Trinajstić information content (AvgIpc) is 2.93. The SMILES string of the molecule is CCC(C)N1C(N)=NCC1c1csc(C(C)(C)C)n1. The van der Waals surface area contributed by atoms with Gasteiger partial charge in [0.05, 0.1) is 23.3 Å². The fourth-order valence-electron chi connectivity index (χ4n) is 2.26. The number of nitrogens with zero attached hydrogens (tertiary/aromatic N) is 3. The number of guanidine groups is 1. The van der Waals surface area contributed by atoms with Crippen LogP contribution in [0.15, 0.2) is 10.4 Å². The second-order valence-corrected chi connectivity index (χ2v) is 7.06. The van der Waals surface area contributed by atoms with Gasteiger partial charge in [-0.05, 0) is 13.3 Å². The fourth-order valence-corrected chi connectivity index (χ4v) is 3.21. The van der Waals surface area contributed by atoms with Gasteiger partial charge in [-0.1, -0.05) is 27.7 Å². The van der Waals surface area contributed by atoms with Crippen LogP contribution in [0.25, 0.3) is 0 Å². The topological polar surface area (TPSA) is 54.5 Å². The van der Waals surface area contributed by atoms with Gasteiger partial charge in [0.1, 0.15) is 0 Å². The van der Waals surface area contributed by atoms with Crippen LogP contribution >= 0.6 is 11.3 Å². The van der Waals surface area contributed by atoms with Crippen LogP contribution in [0.4, 0.5) is 0 Å². The lowest BCUT2D eigenvalue weighted by atomic mass is 9.98. The number of thiazole rings is 1. The van der Waals surface area contributed by atoms with Crippen LogP contribution in [-0.2, 0) is 5.41 Å². The van der Waals surface area contributed by atoms with Crippen LogP contribution in [0.2, 0.25) is 0 Å². The molecule has 0 saturated heterocycles. The molecule has 0 bridgehead atoms. The van der Waals surface area contributed by atoms with E-state index in [1.54, 1.807) is 11.3 Å². The Morgan fingerprint density at radius 1 is 1.53 bits per heavy atom. The van der Waals surface area contributed by atoms with E-state index in [2.05, 4.69) is 49.9 Å². The smallest absolute Gasteiger partial charge is 0.192 e. The van der Waals surface area contributed by atoms with Crippen molar-refractivity contribution < 1.29 is 0 Å². The Kier molecular flexibility index (Phi) is 3.85. The summed E-state index contributed by atoms with van der Waals surface area (Å²) in [6, 6.07) is 0.610. The molecular weight excluding hydrogens is 256 g/mol. The summed E-state index contributed by atoms with van der Waals surface area (Å²) >= 11 is 1.74. The molecule has 0 fully saturated rings. The van der Waals surface area contributed by atoms with Crippen molar-refractivity contribution in [2.24, 2.45) is 10.7 Å². The van der Waals surface area contributed by atoms with E-state index in [1.165, 1.54) is 5.01 Å². The van der Waals surface area contributed by atoms with Gasteiger partial charge in [0.15, 0.2) is 5.96 Å². The number of hydrogen-bond acceptors (Lipinski definition) is 5. The number of rotatable bonds is 3.